The Hall–Kier alpha value is -1.36. The van der Waals surface area contributed by atoms with Gasteiger partial charge in [-0.3, -0.25) is 4.72 Å². The minimum Gasteiger partial charge on any atom is -0.278 e. The van der Waals surface area contributed by atoms with Gasteiger partial charge in [-0.05, 0) is 64.8 Å². The summed E-state index contributed by atoms with van der Waals surface area (Å²) in [7, 11) is -3.71. The van der Waals surface area contributed by atoms with Gasteiger partial charge in [-0.25, -0.2) is 8.42 Å². The molecule has 0 fully saturated rings. The van der Waals surface area contributed by atoms with Crippen molar-refractivity contribution in [2.24, 2.45) is 0 Å². The van der Waals surface area contributed by atoms with Crippen LogP contribution in [-0.4, -0.2) is 8.42 Å². The third kappa shape index (κ3) is 3.64. The van der Waals surface area contributed by atoms with Crippen LogP contribution in [0.15, 0.2) is 50.2 Å². The lowest BCUT2D eigenvalue weighted by molar-refractivity contribution is 0.601. The van der Waals surface area contributed by atoms with Gasteiger partial charge in [-0.15, -0.1) is 0 Å². The van der Waals surface area contributed by atoms with E-state index < -0.39 is 10.0 Å². The molecular weight excluding hydrogens is 420 g/mol. The van der Waals surface area contributed by atoms with Crippen molar-refractivity contribution in [3.8, 4) is 6.07 Å². The number of hydrogen-bond donors (Lipinski definition) is 1. The summed E-state index contributed by atoms with van der Waals surface area (Å²) in [5.41, 5.74) is 1.51. The largest absolute Gasteiger partial charge is 0.278 e. The van der Waals surface area contributed by atoms with E-state index in [1.165, 1.54) is 18.2 Å². The van der Waals surface area contributed by atoms with Crippen LogP contribution in [0.2, 0.25) is 0 Å². The van der Waals surface area contributed by atoms with Crippen molar-refractivity contribution in [1.29, 1.82) is 5.26 Å². The number of nitrogens with one attached hydrogen (secondary N) is 1. The number of sulfonamides is 1. The first-order chi connectivity index (χ1) is 9.83. The first kappa shape index (κ1) is 16.0. The van der Waals surface area contributed by atoms with E-state index in [-0.39, 0.29) is 4.90 Å². The molecule has 0 radical (unpaired) electrons. The molecule has 0 aliphatic rings. The molecule has 0 amide bonds. The van der Waals surface area contributed by atoms with Crippen molar-refractivity contribution in [3.05, 3.63) is 56.5 Å². The second kappa shape index (κ2) is 6.18. The fourth-order valence-corrected chi connectivity index (χ4v) is 3.70. The second-order valence-corrected chi connectivity index (χ2v) is 7.77. The normalized spacial score (nSPS) is 11.0. The summed E-state index contributed by atoms with van der Waals surface area (Å²) in [6.07, 6.45) is 0. The van der Waals surface area contributed by atoms with E-state index in [9.17, 15) is 8.42 Å². The molecule has 0 saturated carbocycles. The molecule has 0 aliphatic carbocycles. The number of anilines is 1. The van der Waals surface area contributed by atoms with Crippen LogP contribution in [0.5, 0.6) is 0 Å². The highest BCUT2D eigenvalue weighted by molar-refractivity contribution is 9.11. The quantitative estimate of drug-likeness (QED) is 0.794. The third-order valence-corrected chi connectivity index (χ3v) is 5.35. The number of rotatable bonds is 3. The highest BCUT2D eigenvalue weighted by Crippen LogP contribution is 2.28. The van der Waals surface area contributed by atoms with Gasteiger partial charge in [0.25, 0.3) is 10.0 Å². The zero-order valence-corrected chi connectivity index (χ0v) is 14.9. The van der Waals surface area contributed by atoms with Gasteiger partial charge in [-0.2, -0.15) is 5.26 Å². The van der Waals surface area contributed by atoms with E-state index in [2.05, 4.69) is 36.6 Å². The summed E-state index contributed by atoms with van der Waals surface area (Å²) < 4.78 is 28.7. The fourth-order valence-electron chi connectivity index (χ4n) is 1.71. The van der Waals surface area contributed by atoms with Crippen LogP contribution >= 0.6 is 31.9 Å². The smallest absolute Gasteiger partial charge is 0.261 e. The number of benzene rings is 2. The Morgan fingerprint density at radius 3 is 2.48 bits per heavy atom. The van der Waals surface area contributed by atoms with Gasteiger partial charge in [0.1, 0.15) is 0 Å². The molecule has 0 spiro atoms. The molecule has 1 N–H and O–H groups in total. The zero-order valence-electron chi connectivity index (χ0n) is 10.9. The molecule has 0 bridgehead atoms. The summed E-state index contributed by atoms with van der Waals surface area (Å²) in [6.45, 7) is 1.70. The zero-order chi connectivity index (χ0) is 15.6. The number of nitrogens with zero attached hydrogens (tertiary/aromatic N) is 1. The molecule has 21 heavy (non-hydrogen) atoms. The van der Waals surface area contributed by atoms with Crippen LogP contribution in [0.3, 0.4) is 0 Å². The summed E-state index contributed by atoms with van der Waals surface area (Å²) in [5, 5.41) is 8.89. The van der Waals surface area contributed by atoms with Gasteiger partial charge in [-0.1, -0.05) is 15.9 Å². The average molecular weight is 430 g/mol. The molecule has 0 saturated heterocycles. The van der Waals surface area contributed by atoms with E-state index in [1.54, 1.807) is 25.1 Å². The second-order valence-electron chi connectivity index (χ2n) is 4.32. The minimum absolute atomic E-state index is 0.117. The predicted molar refractivity (Wildman–Crippen MR) is 88.5 cm³/mol. The Bertz CT molecular complexity index is 843. The van der Waals surface area contributed by atoms with Crippen molar-refractivity contribution in [3.63, 3.8) is 0 Å². The topological polar surface area (TPSA) is 70.0 Å². The summed E-state index contributed by atoms with van der Waals surface area (Å²) in [6, 6.07) is 11.6. The van der Waals surface area contributed by atoms with Crippen molar-refractivity contribution in [2.45, 2.75) is 11.8 Å². The molecule has 4 nitrogen and oxygen atoms in total. The molecular formula is C14H10Br2N2O2S. The first-order valence-corrected chi connectivity index (χ1v) is 8.89. The molecule has 2 aromatic rings. The van der Waals surface area contributed by atoms with Crippen molar-refractivity contribution < 1.29 is 8.42 Å². The fraction of sp³-hybridized carbons (Fsp3) is 0.0714. The van der Waals surface area contributed by atoms with E-state index in [0.717, 1.165) is 4.47 Å². The molecule has 0 atom stereocenters. The monoisotopic (exact) mass is 428 g/mol. The van der Waals surface area contributed by atoms with E-state index in [1.807, 2.05) is 6.07 Å². The van der Waals surface area contributed by atoms with Crippen molar-refractivity contribution in [1.82, 2.24) is 0 Å². The maximum atomic E-state index is 12.4. The first-order valence-electron chi connectivity index (χ1n) is 5.82. The van der Waals surface area contributed by atoms with E-state index in [0.29, 0.717) is 21.3 Å². The number of nitriles is 1. The van der Waals surface area contributed by atoms with Crippen molar-refractivity contribution >= 4 is 47.6 Å². The Morgan fingerprint density at radius 1 is 1.14 bits per heavy atom. The van der Waals surface area contributed by atoms with Gasteiger partial charge in [0, 0.05) is 8.95 Å². The minimum atomic E-state index is -3.71. The maximum absolute atomic E-state index is 12.4. The molecule has 7 heteroatoms. The van der Waals surface area contributed by atoms with Gasteiger partial charge in [0.05, 0.1) is 22.2 Å². The average Bonchev–Trinajstić information content (AvgIpc) is 2.42. The Labute approximate surface area is 140 Å². The van der Waals surface area contributed by atoms with Crippen LogP contribution in [0.4, 0.5) is 5.69 Å². The molecule has 0 heterocycles. The molecule has 0 unspecified atom stereocenters. The lowest BCUT2D eigenvalue weighted by Gasteiger charge is -2.11. The highest BCUT2D eigenvalue weighted by atomic mass is 79.9. The number of hydrogen-bond acceptors (Lipinski definition) is 3. The number of halogens is 2. The van der Waals surface area contributed by atoms with Crippen LogP contribution < -0.4 is 4.72 Å². The van der Waals surface area contributed by atoms with Crippen LogP contribution in [0.1, 0.15) is 11.1 Å². The van der Waals surface area contributed by atoms with Crippen LogP contribution in [0.25, 0.3) is 0 Å². The molecule has 0 aliphatic heterocycles. The standard InChI is InChI=1S/C14H10Br2N2O2S/c1-9-6-12(4-2-10(9)8-17)21(19,20)18-14-7-11(15)3-5-13(14)16/h2-7,18H,1H3. The van der Waals surface area contributed by atoms with Crippen LogP contribution in [0, 0.1) is 18.3 Å². The number of aryl methyl sites for hydroxylation is 1. The summed E-state index contributed by atoms with van der Waals surface area (Å²) in [5.74, 6) is 0. The maximum Gasteiger partial charge on any atom is 0.261 e. The lowest BCUT2D eigenvalue weighted by atomic mass is 10.1. The SMILES string of the molecule is Cc1cc(S(=O)(=O)Nc2cc(Br)ccc2Br)ccc1C#N. The van der Waals surface area contributed by atoms with Gasteiger partial charge in [0.15, 0.2) is 0 Å². The molecule has 2 aromatic carbocycles. The Kier molecular flexibility index (Phi) is 4.71. The van der Waals surface area contributed by atoms with E-state index in [4.69, 9.17) is 5.26 Å². The Balaban J connectivity index is 2.41. The highest BCUT2D eigenvalue weighted by Gasteiger charge is 2.17. The van der Waals surface area contributed by atoms with E-state index >= 15 is 0 Å². The van der Waals surface area contributed by atoms with Crippen molar-refractivity contribution in [2.75, 3.05) is 4.72 Å². The van der Waals surface area contributed by atoms with Gasteiger partial charge in [0.2, 0.25) is 0 Å². The summed E-state index contributed by atoms with van der Waals surface area (Å²) in [4.78, 5) is 0.117. The summed E-state index contributed by atoms with van der Waals surface area (Å²) >= 11 is 6.60. The molecule has 2 rings (SSSR count). The Morgan fingerprint density at radius 2 is 1.86 bits per heavy atom. The molecule has 0 aromatic heterocycles. The lowest BCUT2D eigenvalue weighted by Crippen LogP contribution is -2.13. The van der Waals surface area contributed by atoms with Gasteiger partial charge < -0.3 is 0 Å². The molecule has 108 valence electrons. The van der Waals surface area contributed by atoms with Crippen LogP contribution in [-0.2, 0) is 10.0 Å². The predicted octanol–water partition coefficient (Wildman–Crippen LogP) is 4.19. The van der Waals surface area contributed by atoms with Gasteiger partial charge >= 0.3 is 0 Å². The third-order valence-electron chi connectivity index (χ3n) is 2.80.